The van der Waals surface area contributed by atoms with E-state index in [1.807, 2.05) is 66.7 Å². The van der Waals surface area contributed by atoms with Crippen LogP contribution in [0.2, 0.25) is 0 Å². The minimum atomic E-state index is -1.25. The maximum absolute atomic E-state index is 13.7. The molecule has 1 aliphatic rings. The Bertz CT molecular complexity index is 1400. The van der Waals surface area contributed by atoms with Crippen molar-refractivity contribution in [3.8, 4) is 5.75 Å². The zero-order valence-electron chi connectivity index (χ0n) is 23.3. The minimum Gasteiger partial charge on any atom is -0.497 e. The SMILES string of the molecule is COc1ccc2c(c1)N(C)C(=O)[C@H](NC(=O)C(Cc1ccccc1)NC(=O)OC(C)(C)C)N=C2c1ccccc1. The lowest BCUT2D eigenvalue weighted by atomic mass is 10.00. The molecule has 0 spiro atoms. The normalized spacial score (nSPS) is 15.7. The summed E-state index contributed by atoms with van der Waals surface area (Å²) in [5.41, 5.74) is 2.71. The standard InChI is InChI=1S/C31H34N4O5/c1-31(2,3)40-30(38)32-24(18-20-12-8-6-9-13-20)28(36)34-27-29(37)35(4)25-19-22(39-5)16-17-23(25)26(33-27)21-14-10-7-11-15-21/h6-17,19,24,27H,18H2,1-5H3,(H,32,38)(H,34,36)/t24?,27-/m0/s1. The van der Waals surface area contributed by atoms with Gasteiger partial charge < -0.3 is 25.0 Å². The van der Waals surface area contributed by atoms with Gasteiger partial charge in [0, 0.05) is 30.7 Å². The number of aliphatic imine (C=N–C) groups is 1. The van der Waals surface area contributed by atoms with E-state index in [0.717, 1.165) is 11.1 Å². The highest BCUT2D eigenvalue weighted by molar-refractivity contribution is 6.20. The Kier molecular flexibility index (Phi) is 8.52. The molecule has 0 radical (unpaired) electrons. The lowest BCUT2D eigenvalue weighted by molar-refractivity contribution is -0.128. The number of benzene rings is 3. The molecule has 1 aliphatic heterocycles. The summed E-state index contributed by atoms with van der Waals surface area (Å²) in [5.74, 6) is -0.427. The molecule has 3 aromatic carbocycles. The van der Waals surface area contributed by atoms with Crippen molar-refractivity contribution < 1.29 is 23.9 Å². The zero-order chi connectivity index (χ0) is 28.9. The molecule has 208 valence electrons. The van der Waals surface area contributed by atoms with Gasteiger partial charge in [0.05, 0.1) is 18.5 Å². The van der Waals surface area contributed by atoms with Crippen LogP contribution in [0.3, 0.4) is 0 Å². The second-order valence-electron chi connectivity index (χ2n) is 10.4. The van der Waals surface area contributed by atoms with Crippen molar-refractivity contribution in [2.75, 3.05) is 19.1 Å². The molecular formula is C31H34N4O5. The van der Waals surface area contributed by atoms with Crippen molar-refractivity contribution in [3.63, 3.8) is 0 Å². The number of amides is 3. The molecule has 2 N–H and O–H groups in total. The number of anilines is 1. The van der Waals surface area contributed by atoms with E-state index in [9.17, 15) is 14.4 Å². The topological polar surface area (TPSA) is 109 Å². The van der Waals surface area contributed by atoms with Gasteiger partial charge >= 0.3 is 6.09 Å². The largest absolute Gasteiger partial charge is 0.497 e. The molecular weight excluding hydrogens is 508 g/mol. The number of nitrogens with one attached hydrogen (secondary N) is 2. The average molecular weight is 543 g/mol. The van der Waals surface area contributed by atoms with Gasteiger partial charge in [0.2, 0.25) is 12.1 Å². The minimum absolute atomic E-state index is 0.190. The molecule has 0 saturated carbocycles. The van der Waals surface area contributed by atoms with Gasteiger partial charge in [-0.3, -0.25) is 9.59 Å². The van der Waals surface area contributed by atoms with Gasteiger partial charge in [0.1, 0.15) is 17.4 Å². The van der Waals surface area contributed by atoms with Gasteiger partial charge in [-0.2, -0.15) is 0 Å². The van der Waals surface area contributed by atoms with Crippen LogP contribution in [0.15, 0.2) is 83.9 Å². The highest BCUT2D eigenvalue weighted by atomic mass is 16.6. The van der Waals surface area contributed by atoms with Gasteiger partial charge in [-0.25, -0.2) is 9.79 Å². The molecule has 0 fully saturated rings. The van der Waals surface area contributed by atoms with Crippen molar-refractivity contribution in [2.45, 2.75) is 45.0 Å². The smallest absolute Gasteiger partial charge is 0.408 e. The number of hydrogen-bond acceptors (Lipinski definition) is 6. The van der Waals surface area contributed by atoms with Crippen LogP contribution in [-0.4, -0.2) is 55.6 Å². The van der Waals surface area contributed by atoms with E-state index in [2.05, 4.69) is 10.6 Å². The zero-order valence-corrected chi connectivity index (χ0v) is 23.3. The Morgan fingerprint density at radius 3 is 2.27 bits per heavy atom. The first-order valence-electron chi connectivity index (χ1n) is 13.0. The van der Waals surface area contributed by atoms with Gasteiger partial charge in [-0.1, -0.05) is 60.7 Å². The maximum Gasteiger partial charge on any atom is 0.408 e. The summed E-state index contributed by atoms with van der Waals surface area (Å²) in [6.45, 7) is 5.22. The number of carbonyl (C=O) groups excluding carboxylic acids is 3. The fourth-order valence-electron chi connectivity index (χ4n) is 4.34. The number of carbonyl (C=O) groups is 3. The Morgan fingerprint density at radius 2 is 1.65 bits per heavy atom. The molecule has 0 aliphatic carbocycles. The molecule has 40 heavy (non-hydrogen) atoms. The van der Waals surface area contributed by atoms with Crippen LogP contribution in [0, 0.1) is 0 Å². The molecule has 9 nitrogen and oxygen atoms in total. The Labute approximate surface area is 234 Å². The molecule has 0 saturated heterocycles. The molecule has 2 atom stereocenters. The van der Waals surface area contributed by atoms with Crippen LogP contribution >= 0.6 is 0 Å². The highest BCUT2D eigenvalue weighted by Gasteiger charge is 2.34. The predicted octanol–water partition coefficient (Wildman–Crippen LogP) is 4.09. The Hall–Kier alpha value is -4.66. The number of likely N-dealkylation sites (N-methyl/N-ethyl adjacent to an activating group) is 1. The average Bonchev–Trinajstić information content (AvgIpc) is 3.03. The van der Waals surface area contributed by atoms with Crippen LogP contribution in [0.5, 0.6) is 5.75 Å². The predicted molar refractivity (Wildman–Crippen MR) is 154 cm³/mol. The van der Waals surface area contributed by atoms with Crippen LogP contribution in [0.4, 0.5) is 10.5 Å². The van der Waals surface area contributed by atoms with Crippen molar-refractivity contribution in [3.05, 3.63) is 95.6 Å². The summed E-state index contributed by atoms with van der Waals surface area (Å²) in [6, 6.07) is 23.1. The number of fused-ring (bicyclic) bond motifs is 1. The van der Waals surface area contributed by atoms with Crippen LogP contribution in [-0.2, 0) is 20.7 Å². The van der Waals surface area contributed by atoms with Gasteiger partial charge in [-0.05, 0) is 38.5 Å². The maximum atomic E-state index is 13.7. The monoisotopic (exact) mass is 542 g/mol. The van der Waals surface area contributed by atoms with E-state index < -0.39 is 35.7 Å². The summed E-state index contributed by atoms with van der Waals surface area (Å²) < 4.78 is 10.8. The number of alkyl carbamates (subject to hydrolysis) is 1. The van der Waals surface area contributed by atoms with Crippen LogP contribution < -0.4 is 20.3 Å². The van der Waals surface area contributed by atoms with E-state index in [0.29, 0.717) is 22.7 Å². The number of methoxy groups -OCH3 is 1. The van der Waals surface area contributed by atoms with Gasteiger partial charge in [0.15, 0.2) is 0 Å². The molecule has 3 amide bonds. The first-order chi connectivity index (χ1) is 19.1. The second kappa shape index (κ2) is 12.0. The van der Waals surface area contributed by atoms with Crippen molar-refractivity contribution >= 4 is 29.3 Å². The number of hydrogen-bond donors (Lipinski definition) is 2. The Balaban J connectivity index is 1.69. The molecule has 9 heteroatoms. The third-order valence-electron chi connectivity index (χ3n) is 6.26. The first kappa shape index (κ1) is 28.4. The third kappa shape index (κ3) is 6.85. The fraction of sp³-hybridized carbons (Fsp3) is 0.290. The van der Waals surface area contributed by atoms with E-state index in [-0.39, 0.29) is 6.42 Å². The second-order valence-corrected chi connectivity index (χ2v) is 10.4. The highest BCUT2D eigenvalue weighted by Crippen LogP contribution is 2.31. The lowest BCUT2D eigenvalue weighted by Crippen LogP contribution is -2.54. The lowest BCUT2D eigenvalue weighted by Gasteiger charge is -2.25. The summed E-state index contributed by atoms with van der Waals surface area (Å²) in [4.78, 5) is 46.2. The molecule has 0 aromatic heterocycles. The first-order valence-corrected chi connectivity index (χ1v) is 13.0. The molecule has 3 aromatic rings. The quantitative estimate of drug-likeness (QED) is 0.468. The fourth-order valence-corrected chi connectivity index (χ4v) is 4.34. The van der Waals surface area contributed by atoms with Crippen molar-refractivity contribution in [1.82, 2.24) is 10.6 Å². The summed E-state index contributed by atoms with van der Waals surface area (Å²) >= 11 is 0. The summed E-state index contributed by atoms with van der Waals surface area (Å²) in [7, 11) is 3.18. The molecule has 4 rings (SSSR count). The number of rotatable bonds is 7. The Morgan fingerprint density at radius 1 is 1.00 bits per heavy atom. The molecule has 1 unspecified atom stereocenters. The molecule has 1 heterocycles. The van der Waals surface area contributed by atoms with Crippen molar-refractivity contribution in [1.29, 1.82) is 0 Å². The molecule has 0 bridgehead atoms. The van der Waals surface area contributed by atoms with E-state index in [4.69, 9.17) is 14.5 Å². The number of benzodiazepines with no additional fused rings is 1. The van der Waals surface area contributed by atoms with Crippen LogP contribution in [0.1, 0.15) is 37.5 Å². The van der Waals surface area contributed by atoms with Gasteiger partial charge in [0.25, 0.3) is 5.91 Å². The van der Waals surface area contributed by atoms with Gasteiger partial charge in [-0.15, -0.1) is 0 Å². The summed E-state index contributed by atoms with van der Waals surface area (Å²) in [5, 5.41) is 5.44. The van der Waals surface area contributed by atoms with E-state index in [1.165, 1.54) is 4.90 Å². The number of nitrogens with zero attached hydrogens (tertiary/aromatic N) is 2. The van der Waals surface area contributed by atoms with E-state index in [1.54, 1.807) is 47.1 Å². The third-order valence-corrected chi connectivity index (χ3v) is 6.26. The van der Waals surface area contributed by atoms with E-state index >= 15 is 0 Å². The van der Waals surface area contributed by atoms with Crippen molar-refractivity contribution in [2.24, 2.45) is 4.99 Å². The van der Waals surface area contributed by atoms with Crippen LogP contribution in [0.25, 0.3) is 0 Å². The summed E-state index contributed by atoms with van der Waals surface area (Å²) in [6.07, 6.45) is -1.79. The number of ether oxygens (including phenoxy) is 2.